The van der Waals surface area contributed by atoms with E-state index in [1.165, 1.54) is 0 Å². The van der Waals surface area contributed by atoms with Gasteiger partial charge in [0.25, 0.3) is 0 Å². The van der Waals surface area contributed by atoms with Crippen molar-refractivity contribution in [1.82, 2.24) is 9.97 Å². The quantitative estimate of drug-likeness (QED) is 0.583. The number of aliphatic hydroxyl groups is 2. The molecule has 5 N–H and O–H groups in total. The second-order valence-electron chi connectivity index (χ2n) is 4.64. The number of anilines is 1. The van der Waals surface area contributed by atoms with Gasteiger partial charge in [0, 0.05) is 11.6 Å². The third kappa shape index (κ3) is 2.03. The molecule has 3 aromatic rings. The predicted molar refractivity (Wildman–Crippen MR) is 77.8 cm³/mol. The molecule has 0 unspecified atom stereocenters. The number of nitrogens with zero attached hydrogens (tertiary/aromatic N) is 1. The zero-order valence-corrected chi connectivity index (χ0v) is 10.8. The van der Waals surface area contributed by atoms with Crippen LogP contribution in [0.5, 0.6) is 0 Å². The molecule has 0 atom stereocenters. The Kier molecular flexibility index (Phi) is 3.14. The second-order valence-corrected chi connectivity index (χ2v) is 4.64. The number of aromatic amines is 1. The lowest BCUT2D eigenvalue weighted by Gasteiger charge is -2.11. The maximum absolute atomic E-state index is 9.56. The maximum atomic E-state index is 9.56. The van der Waals surface area contributed by atoms with E-state index in [1.54, 1.807) is 18.3 Å². The van der Waals surface area contributed by atoms with Crippen molar-refractivity contribution in [2.24, 2.45) is 0 Å². The summed E-state index contributed by atoms with van der Waals surface area (Å²) in [5.74, 6) is 0.421. The molecule has 0 spiro atoms. The molecule has 0 saturated carbocycles. The van der Waals surface area contributed by atoms with Gasteiger partial charge in [0.2, 0.25) is 0 Å². The molecule has 5 heteroatoms. The van der Waals surface area contributed by atoms with Crippen molar-refractivity contribution in [2.75, 3.05) is 5.73 Å². The van der Waals surface area contributed by atoms with E-state index in [4.69, 9.17) is 5.73 Å². The van der Waals surface area contributed by atoms with Crippen LogP contribution in [0.15, 0.2) is 36.5 Å². The monoisotopic (exact) mass is 269 g/mol. The van der Waals surface area contributed by atoms with Gasteiger partial charge in [-0.1, -0.05) is 18.2 Å². The van der Waals surface area contributed by atoms with Crippen LogP contribution in [0.1, 0.15) is 11.1 Å². The summed E-state index contributed by atoms with van der Waals surface area (Å²) in [5, 5.41) is 19.7. The Hall–Kier alpha value is -2.37. The highest BCUT2D eigenvalue weighted by Crippen LogP contribution is 2.32. The first kappa shape index (κ1) is 12.7. The lowest BCUT2D eigenvalue weighted by molar-refractivity contribution is 0.276. The zero-order valence-electron chi connectivity index (χ0n) is 10.8. The van der Waals surface area contributed by atoms with Crippen LogP contribution in [0.25, 0.3) is 22.2 Å². The van der Waals surface area contributed by atoms with Crippen molar-refractivity contribution >= 4 is 16.9 Å². The number of nitrogens with one attached hydrogen (secondary N) is 1. The molecule has 0 saturated heterocycles. The number of H-pyrrole nitrogens is 1. The highest BCUT2D eigenvalue weighted by atomic mass is 16.3. The summed E-state index contributed by atoms with van der Waals surface area (Å²) in [6.45, 7) is -0.150. The molecule has 102 valence electrons. The summed E-state index contributed by atoms with van der Waals surface area (Å²) in [4.78, 5) is 7.27. The van der Waals surface area contributed by atoms with E-state index in [1.807, 2.05) is 18.2 Å². The first-order chi connectivity index (χ1) is 9.72. The number of aliphatic hydroxyl groups excluding tert-OH is 2. The minimum absolute atomic E-state index is 0.0503. The van der Waals surface area contributed by atoms with Crippen LogP contribution in [0.3, 0.4) is 0 Å². The van der Waals surface area contributed by atoms with Gasteiger partial charge in [-0.25, -0.2) is 4.98 Å². The first-order valence-corrected chi connectivity index (χ1v) is 6.30. The van der Waals surface area contributed by atoms with Gasteiger partial charge in [-0.05, 0) is 34.4 Å². The highest BCUT2D eigenvalue weighted by molar-refractivity contribution is 5.95. The summed E-state index contributed by atoms with van der Waals surface area (Å²) in [5.41, 5.74) is 9.89. The number of aromatic nitrogens is 2. The van der Waals surface area contributed by atoms with E-state index in [-0.39, 0.29) is 13.2 Å². The number of benzene rings is 1. The fourth-order valence-electron chi connectivity index (χ4n) is 2.42. The van der Waals surface area contributed by atoms with Gasteiger partial charge in [0.05, 0.1) is 13.2 Å². The Morgan fingerprint density at radius 3 is 2.65 bits per heavy atom. The zero-order chi connectivity index (χ0) is 14.1. The second kappa shape index (κ2) is 4.96. The van der Waals surface area contributed by atoms with Gasteiger partial charge in [-0.3, -0.25) is 0 Å². The fourth-order valence-corrected chi connectivity index (χ4v) is 2.42. The van der Waals surface area contributed by atoms with Crippen molar-refractivity contribution in [2.45, 2.75) is 13.2 Å². The average molecular weight is 269 g/mol. The van der Waals surface area contributed by atoms with Crippen LogP contribution in [-0.4, -0.2) is 20.2 Å². The van der Waals surface area contributed by atoms with Crippen LogP contribution >= 0.6 is 0 Å². The van der Waals surface area contributed by atoms with E-state index >= 15 is 0 Å². The normalized spacial score (nSPS) is 11.1. The molecular formula is C15H15N3O2. The molecule has 2 heterocycles. The van der Waals surface area contributed by atoms with E-state index in [2.05, 4.69) is 9.97 Å². The Bertz CT molecular complexity index is 765. The van der Waals surface area contributed by atoms with Gasteiger partial charge < -0.3 is 20.9 Å². The standard InChI is InChI=1S/C15H15N3O2/c16-14-6-13(12-3-4-17-15(12)18-14)11-2-1-9(7-19)5-10(11)8-20/h1-6,19-20H,7-8H2,(H3,16,17,18). The van der Waals surface area contributed by atoms with Crippen LogP contribution in [0.4, 0.5) is 5.82 Å². The smallest absolute Gasteiger partial charge is 0.140 e. The van der Waals surface area contributed by atoms with Crippen molar-refractivity contribution in [3.8, 4) is 11.1 Å². The lowest BCUT2D eigenvalue weighted by Crippen LogP contribution is -1.96. The first-order valence-electron chi connectivity index (χ1n) is 6.30. The molecule has 0 fully saturated rings. The van der Waals surface area contributed by atoms with E-state index in [0.717, 1.165) is 33.3 Å². The minimum Gasteiger partial charge on any atom is -0.392 e. The van der Waals surface area contributed by atoms with Gasteiger partial charge in [0.15, 0.2) is 0 Å². The molecule has 1 aromatic carbocycles. The number of nitrogen functional groups attached to an aromatic ring is 1. The highest BCUT2D eigenvalue weighted by Gasteiger charge is 2.11. The van der Waals surface area contributed by atoms with Crippen LogP contribution in [-0.2, 0) is 13.2 Å². The van der Waals surface area contributed by atoms with Crippen LogP contribution < -0.4 is 5.73 Å². The van der Waals surface area contributed by atoms with Crippen molar-refractivity contribution in [1.29, 1.82) is 0 Å². The Balaban J connectivity index is 2.27. The number of pyridine rings is 1. The Morgan fingerprint density at radius 1 is 1.05 bits per heavy atom. The third-order valence-corrected chi connectivity index (χ3v) is 3.36. The third-order valence-electron chi connectivity index (χ3n) is 3.36. The fraction of sp³-hybridized carbons (Fsp3) is 0.133. The molecule has 3 rings (SSSR count). The van der Waals surface area contributed by atoms with Crippen molar-refractivity contribution in [3.63, 3.8) is 0 Å². The van der Waals surface area contributed by atoms with Crippen molar-refractivity contribution < 1.29 is 10.2 Å². The maximum Gasteiger partial charge on any atom is 0.140 e. The SMILES string of the molecule is Nc1cc(-c2ccc(CO)cc2CO)c2cc[nH]c2n1. The summed E-state index contributed by atoms with van der Waals surface area (Å²) in [7, 11) is 0. The molecule has 0 radical (unpaired) electrons. The van der Waals surface area contributed by atoms with Gasteiger partial charge >= 0.3 is 0 Å². The number of nitrogens with two attached hydrogens (primary N) is 1. The molecule has 0 aliphatic rings. The largest absolute Gasteiger partial charge is 0.392 e. The van der Waals surface area contributed by atoms with E-state index in [9.17, 15) is 10.2 Å². The van der Waals surface area contributed by atoms with E-state index < -0.39 is 0 Å². The number of hydrogen-bond donors (Lipinski definition) is 4. The Labute approximate surface area is 115 Å². The van der Waals surface area contributed by atoms with Gasteiger partial charge in [-0.2, -0.15) is 0 Å². The molecule has 0 aliphatic heterocycles. The van der Waals surface area contributed by atoms with Gasteiger partial charge in [0.1, 0.15) is 11.5 Å². The van der Waals surface area contributed by atoms with Crippen LogP contribution in [0.2, 0.25) is 0 Å². The molecular weight excluding hydrogens is 254 g/mol. The van der Waals surface area contributed by atoms with Crippen LogP contribution in [0, 0.1) is 0 Å². The minimum atomic E-state index is -0.0999. The summed E-state index contributed by atoms with van der Waals surface area (Å²) >= 11 is 0. The number of fused-ring (bicyclic) bond motifs is 1. The molecule has 0 bridgehead atoms. The molecule has 5 nitrogen and oxygen atoms in total. The summed E-state index contributed by atoms with van der Waals surface area (Å²) in [6.07, 6.45) is 1.81. The topological polar surface area (TPSA) is 95.2 Å². The lowest BCUT2D eigenvalue weighted by atomic mass is 9.96. The molecule has 0 amide bonds. The number of rotatable bonds is 3. The molecule has 20 heavy (non-hydrogen) atoms. The Morgan fingerprint density at radius 2 is 1.90 bits per heavy atom. The van der Waals surface area contributed by atoms with Crippen molar-refractivity contribution in [3.05, 3.63) is 47.7 Å². The number of hydrogen-bond acceptors (Lipinski definition) is 4. The molecule has 0 aliphatic carbocycles. The summed E-state index contributed by atoms with van der Waals surface area (Å²) < 4.78 is 0. The predicted octanol–water partition coefficient (Wildman–Crippen LogP) is 1.80. The van der Waals surface area contributed by atoms with Gasteiger partial charge in [-0.15, -0.1) is 0 Å². The molecule has 2 aromatic heterocycles. The average Bonchev–Trinajstić information content (AvgIpc) is 2.93. The van der Waals surface area contributed by atoms with E-state index in [0.29, 0.717) is 5.82 Å². The summed E-state index contributed by atoms with van der Waals surface area (Å²) in [6, 6.07) is 9.24.